The van der Waals surface area contributed by atoms with Crippen LogP contribution in [0, 0.1) is 0 Å². The maximum Gasteiger partial charge on any atom is 0.410 e. The number of benzene rings is 1. The minimum atomic E-state index is -0.652. The van der Waals surface area contributed by atoms with E-state index in [1.165, 1.54) is 9.80 Å². The molecular weight excluding hydrogens is 465 g/mol. The number of halogens is 2. The molecule has 1 aromatic heterocycles. The van der Waals surface area contributed by atoms with Crippen molar-refractivity contribution < 1.29 is 14.3 Å². The first-order chi connectivity index (χ1) is 15.3. The summed E-state index contributed by atoms with van der Waals surface area (Å²) in [5, 5.41) is 5.46. The average Bonchev–Trinajstić information content (AvgIpc) is 3.08. The molecule has 8 nitrogen and oxygen atoms in total. The van der Waals surface area contributed by atoms with Crippen LogP contribution in [0.2, 0.25) is 10.0 Å². The van der Waals surface area contributed by atoms with E-state index in [4.69, 9.17) is 27.9 Å². The molecule has 1 aromatic carbocycles. The molecule has 0 radical (unpaired) electrons. The molecule has 33 heavy (non-hydrogen) atoms. The lowest BCUT2D eigenvalue weighted by molar-refractivity contribution is -0.130. The number of carbonyl (C=O) groups excluding carboxylic acids is 2. The number of ether oxygens (including phenoxy) is 1. The van der Waals surface area contributed by atoms with Crippen molar-refractivity contribution in [3.05, 3.63) is 34.3 Å². The van der Waals surface area contributed by atoms with Gasteiger partial charge in [-0.25, -0.2) is 4.79 Å². The van der Waals surface area contributed by atoms with E-state index < -0.39 is 17.7 Å². The van der Waals surface area contributed by atoms with Crippen LogP contribution in [-0.2, 0) is 16.6 Å². The standard InChI is InChI=1S/C23H33Cl2N5O3/c1-9-30(18(21(31)27(5)6)14-28(7)22(32)33-23(2,3)4)19-13-17(26-29(19)8)15-11-10-12-16(24)20(15)25/h10-13,18H,9,14H2,1-8H3. The summed E-state index contributed by atoms with van der Waals surface area (Å²) in [6.07, 6.45) is -0.494. The number of anilines is 1. The molecule has 0 fully saturated rings. The van der Waals surface area contributed by atoms with E-state index in [0.29, 0.717) is 33.7 Å². The number of hydrogen-bond donors (Lipinski definition) is 0. The van der Waals surface area contributed by atoms with Crippen LogP contribution in [0.5, 0.6) is 0 Å². The second-order valence-corrected chi connectivity index (χ2v) is 9.79. The third kappa shape index (κ3) is 6.54. The highest BCUT2D eigenvalue weighted by molar-refractivity contribution is 6.43. The van der Waals surface area contributed by atoms with Gasteiger partial charge in [0.2, 0.25) is 5.91 Å². The SMILES string of the molecule is CCN(c1cc(-c2cccc(Cl)c2Cl)nn1C)C(CN(C)C(=O)OC(C)(C)C)C(=O)N(C)C. The molecule has 1 heterocycles. The fourth-order valence-electron chi connectivity index (χ4n) is 3.38. The zero-order valence-electron chi connectivity index (χ0n) is 20.5. The molecule has 10 heteroatoms. The topological polar surface area (TPSA) is 70.9 Å². The predicted molar refractivity (Wildman–Crippen MR) is 133 cm³/mol. The molecule has 2 amide bonds. The Kier molecular flexibility index (Phi) is 8.65. The quantitative estimate of drug-likeness (QED) is 0.561. The number of hydrogen-bond acceptors (Lipinski definition) is 5. The summed E-state index contributed by atoms with van der Waals surface area (Å²) in [7, 11) is 6.81. The summed E-state index contributed by atoms with van der Waals surface area (Å²) in [4.78, 5) is 30.6. The van der Waals surface area contributed by atoms with Gasteiger partial charge in [0.15, 0.2) is 0 Å². The zero-order chi connectivity index (χ0) is 25.1. The van der Waals surface area contributed by atoms with Crippen molar-refractivity contribution in [3.63, 3.8) is 0 Å². The fraction of sp³-hybridized carbons (Fsp3) is 0.522. The summed E-state index contributed by atoms with van der Waals surface area (Å²) in [6.45, 7) is 8.00. The third-order valence-electron chi connectivity index (χ3n) is 4.97. The molecule has 0 bridgehead atoms. The Morgan fingerprint density at radius 2 is 1.82 bits per heavy atom. The van der Waals surface area contributed by atoms with Crippen LogP contribution in [0.25, 0.3) is 11.3 Å². The Balaban J connectivity index is 2.44. The monoisotopic (exact) mass is 497 g/mol. The van der Waals surface area contributed by atoms with Crippen molar-refractivity contribution in [2.24, 2.45) is 7.05 Å². The van der Waals surface area contributed by atoms with E-state index in [0.717, 1.165) is 0 Å². The Morgan fingerprint density at radius 1 is 1.18 bits per heavy atom. The molecule has 0 aliphatic heterocycles. The van der Waals surface area contributed by atoms with Gasteiger partial charge < -0.3 is 19.4 Å². The molecule has 1 unspecified atom stereocenters. The van der Waals surface area contributed by atoms with Crippen molar-refractivity contribution in [3.8, 4) is 11.3 Å². The van der Waals surface area contributed by atoms with Crippen LogP contribution in [0.15, 0.2) is 24.3 Å². The third-order valence-corrected chi connectivity index (χ3v) is 5.79. The Morgan fingerprint density at radius 3 is 2.36 bits per heavy atom. The van der Waals surface area contributed by atoms with Crippen molar-refractivity contribution >= 4 is 41.0 Å². The van der Waals surface area contributed by atoms with E-state index in [9.17, 15) is 9.59 Å². The lowest BCUT2D eigenvalue weighted by atomic mass is 10.1. The first-order valence-electron chi connectivity index (χ1n) is 10.7. The number of aryl methyl sites for hydroxylation is 1. The van der Waals surface area contributed by atoms with Crippen molar-refractivity contribution in [2.75, 3.05) is 39.1 Å². The molecule has 0 spiro atoms. The number of aromatic nitrogens is 2. The highest BCUT2D eigenvalue weighted by Gasteiger charge is 2.32. The Hall–Kier alpha value is -2.45. The van der Waals surface area contributed by atoms with Gasteiger partial charge in [-0.05, 0) is 33.8 Å². The Labute approximate surface area is 206 Å². The molecule has 0 saturated carbocycles. The predicted octanol–water partition coefficient (Wildman–Crippen LogP) is 4.54. The number of rotatable bonds is 7. The van der Waals surface area contributed by atoms with Gasteiger partial charge in [0.05, 0.1) is 22.3 Å². The van der Waals surface area contributed by atoms with E-state index in [2.05, 4.69) is 5.10 Å². The van der Waals surface area contributed by atoms with Crippen LogP contribution in [-0.4, -0.2) is 77.5 Å². The largest absolute Gasteiger partial charge is 0.444 e. The van der Waals surface area contributed by atoms with E-state index >= 15 is 0 Å². The van der Waals surface area contributed by atoms with E-state index in [1.54, 1.807) is 59.7 Å². The van der Waals surface area contributed by atoms with Crippen LogP contribution in [0.4, 0.5) is 10.6 Å². The highest BCUT2D eigenvalue weighted by Crippen LogP contribution is 2.34. The second kappa shape index (κ2) is 10.7. The molecule has 0 N–H and O–H groups in total. The van der Waals surface area contributed by atoms with Crippen molar-refractivity contribution in [1.82, 2.24) is 19.6 Å². The van der Waals surface area contributed by atoms with Crippen LogP contribution in [0.1, 0.15) is 27.7 Å². The fourth-order valence-corrected chi connectivity index (χ4v) is 3.78. The summed E-state index contributed by atoms with van der Waals surface area (Å²) in [5.41, 5.74) is 0.697. The van der Waals surface area contributed by atoms with Gasteiger partial charge in [-0.3, -0.25) is 9.48 Å². The maximum atomic E-state index is 13.2. The summed E-state index contributed by atoms with van der Waals surface area (Å²) >= 11 is 12.6. The summed E-state index contributed by atoms with van der Waals surface area (Å²) in [6, 6.07) is 6.58. The van der Waals surface area contributed by atoms with Gasteiger partial charge >= 0.3 is 6.09 Å². The first kappa shape index (κ1) is 26.8. The van der Waals surface area contributed by atoms with Gasteiger partial charge in [0, 0.05) is 46.4 Å². The lowest BCUT2D eigenvalue weighted by Gasteiger charge is -2.35. The maximum absolute atomic E-state index is 13.2. The Bertz CT molecular complexity index is 1000. The zero-order valence-corrected chi connectivity index (χ0v) is 22.0. The van der Waals surface area contributed by atoms with Gasteiger partial charge in [-0.15, -0.1) is 0 Å². The minimum absolute atomic E-state index is 0.137. The van der Waals surface area contributed by atoms with Gasteiger partial charge in [-0.1, -0.05) is 35.3 Å². The van der Waals surface area contributed by atoms with Gasteiger partial charge in [0.1, 0.15) is 17.5 Å². The van der Waals surface area contributed by atoms with Crippen molar-refractivity contribution in [1.29, 1.82) is 0 Å². The number of carbonyl (C=O) groups is 2. The molecule has 1 atom stereocenters. The van der Waals surface area contributed by atoms with E-state index in [1.807, 2.05) is 30.0 Å². The molecule has 0 saturated heterocycles. The molecule has 2 rings (SSSR count). The van der Waals surface area contributed by atoms with Gasteiger partial charge in [0.25, 0.3) is 0 Å². The number of nitrogens with zero attached hydrogens (tertiary/aromatic N) is 5. The smallest absolute Gasteiger partial charge is 0.410 e. The van der Waals surface area contributed by atoms with Crippen LogP contribution < -0.4 is 4.90 Å². The minimum Gasteiger partial charge on any atom is -0.444 e. The first-order valence-corrected chi connectivity index (χ1v) is 11.4. The number of amides is 2. The lowest BCUT2D eigenvalue weighted by Crippen LogP contribution is -2.53. The summed E-state index contributed by atoms with van der Waals surface area (Å²) < 4.78 is 7.16. The number of likely N-dealkylation sites (N-methyl/N-ethyl adjacent to an activating group) is 3. The van der Waals surface area contributed by atoms with Crippen molar-refractivity contribution in [2.45, 2.75) is 39.3 Å². The molecule has 0 aliphatic carbocycles. The normalized spacial score (nSPS) is 12.3. The van der Waals surface area contributed by atoms with Crippen LogP contribution in [0.3, 0.4) is 0 Å². The summed E-state index contributed by atoms with van der Waals surface area (Å²) in [5.74, 6) is 0.567. The average molecular weight is 498 g/mol. The molecule has 2 aromatic rings. The van der Waals surface area contributed by atoms with Gasteiger partial charge in [-0.2, -0.15) is 5.10 Å². The highest BCUT2D eigenvalue weighted by atomic mass is 35.5. The molecular formula is C23H33Cl2N5O3. The second-order valence-electron chi connectivity index (χ2n) is 9.01. The van der Waals surface area contributed by atoms with Crippen LogP contribution >= 0.6 is 23.2 Å². The molecule has 0 aliphatic rings. The van der Waals surface area contributed by atoms with E-state index in [-0.39, 0.29) is 12.5 Å². The molecule has 182 valence electrons.